The number of methoxy groups -OCH3 is 1. The Bertz CT molecular complexity index is 410. The Hall–Kier alpha value is -1.51. The first-order valence-electron chi connectivity index (χ1n) is 5.69. The van der Waals surface area contributed by atoms with Crippen molar-refractivity contribution in [3.63, 3.8) is 0 Å². The third-order valence-corrected chi connectivity index (χ3v) is 2.82. The smallest absolute Gasteiger partial charge is 0.132 e. The maximum atomic E-state index is 5.43. The zero-order valence-corrected chi connectivity index (χ0v) is 10.1. The maximum Gasteiger partial charge on any atom is 0.132 e. The van der Waals surface area contributed by atoms with E-state index in [9.17, 15) is 0 Å². The summed E-state index contributed by atoms with van der Waals surface area (Å²) in [5, 5.41) is 3.27. The number of benzene rings is 1. The van der Waals surface area contributed by atoms with Gasteiger partial charge in [-0.3, -0.25) is 4.99 Å². The van der Waals surface area contributed by atoms with Crippen LogP contribution in [0.4, 0.5) is 0 Å². The van der Waals surface area contributed by atoms with Gasteiger partial charge in [-0.05, 0) is 23.6 Å². The van der Waals surface area contributed by atoms with Crippen molar-refractivity contribution >= 4 is 5.84 Å². The predicted octanol–water partition coefficient (Wildman–Crippen LogP) is 2.17. The van der Waals surface area contributed by atoms with Crippen LogP contribution in [0.15, 0.2) is 23.2 Å². The minimum atomic E-state index is 0.515. The van der Waals surface area contributed by atoms with Gasteiger partial charge in [0.2, 0.25) is 0 Å². The van der Waals surface area contributed by atoms with Gasteiger partial charge in [-0.1, -0.05) is 19.9 Å². The summed E-state index contributed by atoms with van der Waals surface area (Å²) in [7, 11) is 1.71. The van der Waals surface area contributed by atoms with Gasteiger partial charge >= 0.3 is 0 Å². The van der Waals surface area contributed by atoms with Crippen LogP contribution in [0.25, 0.3) is 0 Å². The number of rotatable bonds is 3. The molecule has 1 aromatic rings. The molecule has 0 saturated heterocycles. The quantitative estimate of drug-likeness (QED) is 0.843. The number of hydrogen-bond donors (Lipinski definition) is 1. The summed E-state index contributed by atoms with van der Waals surface area (Å²) in [5.74, 6) is 2.37. The molecular formula is C13H18N2O. The Balaban J connectivity index is 2.38. The fourth-order valence-electron chi connectivity index (χ4n) is 1.84. The van der Waals surface area contributed by atoms with Crippen LogP contribution in [0.1, 0.15) is 30.9 Å². The molecular weight excluding hydrogens is 200 g/mol. The molecule has 0 saturated carbocycles. The molecule has 1 aliphatic rings. The van der Waals surface area contributed by atoms with Gasteiger partial charge in [0.1, 0.15) is 11.6 Å². The van der Waals surface area contributed by atoms with E-state index in [-0.39, 0.29) is 0 Å². The fourth-order valence-corrected chi connectivity index (χ4v) is 1.84. The molecule has 0 unspecified atom stereocenters. The van der Waals surface area contributed by atoms with Gasteiger partial charge in [-0.2, -0.15) is 0 Å². The van der Waals surface area contributed by atoms with Crippen molar-refractivity contribution in [3.05, 3.63) is 29.3 Å². The van der Waals surface area contributed by atoms with Crippen LogP contribution >= 0.6 is 0 Å². The molecule has 3 nitrogen and oxygen atoms in total. The second-order valence-electron chi connectivity index (χ2n) is 4.27. The van der Waals surface area contributed by atoms with E-state index in [4.69, 9.17) is 4.74 Å². The number of nitrogens with one attached hydrogen (secondary N) is 1. The van der Waals surface area contributed by atoms with Crippen LogP contribution in [0, 0.1) is 0 Å². The lowest BCUT2D eigenvalue weighted by Crippen LogP contribution is -2.20. The molecule has 1 aliphatic heterocycles. The van der Waals surface area contributed by atoms with Gasteiger partial charge in [-0.25, -0.2) is 0 Å². The van der Waals surface area contributed by atoms with E-state index in [1.165, 1.54) is 5.56 Å². The number of hydrogen-bond acceptors (Lipinski definition) is 3. The topological polar surface area (TPSA) is 33.6 Å². The van der Waals surface area contributed by atoms with E-state index in [1.54, 1.807) is 7.11 Å². The van der Waals surface area contributed by atoms with E-state index in [0.717, 1.165) is 30.2 Å². The molecule has 0 aliphatic carbocycles. The van der Waals surface area contributed by atoms with Gasteiger partial charge in [0.15, 0.2) is 0 Å². The SMILES string of the molecule is COc1cc(C(C)C)ccc1C1=NCCN1. The van der Waals surface area contributed by atoms with E-state index >= 15 is 0 Å². The first kappa shape index (κ1) is 11.0. The van der Waals surface area contributed by atoms with Gasteiger partial charge < -0.3 is 10.1 Å². The normalized spacial score (nSPS) is 14.9. The van der Waals surface area contributed by atoms with E-state index < -0.39 is 0 Å². The molecule has 3 heteroatoms. The monoisotopic (exact) mass is 218 g/mol. The summed E-state index contributed by atoms with van der Waals surface area (Å²) >= 11 is 0. The number of aliphatic imine (C=N–C) groups is 1. The standard InChI is InChI=1S/C13H18N2O/c1-9(2)10-4-5-11(12(8-10)16-3)13-14-6-7-15-13/h4-5,8-9H,6-7H2,1-3H3,(H,14,15). The van der Waals surface area contributed by atoms with Crippen molar-refractivity contribution in [1.29, 1.82) is 0 Å². The summed E-state index contributed by atoms with van der Waals surface area (Å²) in [6.07, 6.45) is 0. The first-order valence-corrected chi connectivity index (χ1v) is 5.69. The van der Waals surface area contributed by atoms with Crippen molar-refractivity contribution in [3.8, 4) is 5.75 Å². The summed E-state index contributed by atoms with van der Waals surface area (Å²) in [5.41, 5.74) is 2.35. The lowest BCUT2D eigenvalue weighted by molar-refractivity contribution is 0.413. The molecule has 0 aromatic heterocycles. The second-order valence-corrected chi connectivity index (χ2v) is 4.27. The zero-order chi connectivity index (χ0) is 11.5. The first-order chi connectivity index (χ1) is 7.72. The highest BCUT2D eigenvalue weighted by Crippen LogP contribution is 2.25. The summed E-state index contributed by atoms with van der Waals surface area (Å²) in [4.78, 5) is 4.41. The molecule has 0 amide bonds. The van der Waals surface area contributed by atoms with Crippen LogP contribution in [0.2, 0.25) is 0 Å². The van der Waals surface area contributed by atoms with Crippen LogP contribution in [0.5, 0.6) is 5.75 Å². The number of ether oxygens (including phenoxy) is 1. The molecule has 0 fully saturated rings. The van der Waals surface area contributed by atoms with Crippen molar-refractivity contribution in [1.82, 2.24) is 5.32 Å². The largest absolute Gasteiger partial charge is 0.496 e. The zero-order valence-electron chi connectivity index (χ0n) is 10.1. The third kappa shape index (κ3) is 2.03. The minimum Gasteiger partial charge on any atom is -0.496 e. The summed E-state index contributed by atoms with van der Waals surface area (Å²) in [6, 6.07) is 6.33. The van der Waals surface area contributed by atoms with E-state index in [1.807, 2.05) is 0 Å². The van der Waals surface area contributed by atoms with Crippen LogP contribution < -0.4 is 10.1 Å². The molecule has 0 spiro atoms. The Morgan fingerprint density at radius 3 is 2.75 bits per heavy atom. The average Bonchev–Trinajstić information content (AvgIpc) is 2.81. The molecule has 0 bridgehead atoms. The van der Waals surface area contributed by atoms with Crippen LogP contribution in [-0.2, 0) is 0 Å². The summed E-state index contributed by atoms with van der Waals surface area (Å²) in [6.45, 7) is 6.13. The Morgan fingerprint density at radius 2 is 2.19 bits per heavy atom. The maximum absolute atomic E-state index is 5.43. The third-order valence-electron chi connectivity index (χ3n) is 2.82. The predicted molar refractivity (Wildman–Crippen MR) is 66.5 cm³/mol. The Morgan fingerprint density at radius 1 is 1.38 bits per heavy atom. The van der Waals surface area contributed by atoms with E-state index in [2.05, 4.69) is 42.4 Å². The highest BCUT2D eigenvalue weighted by molar-refractivity contribution is 6.02. The van der Waals surface area contributed by atoms with Gasteiger partial charge in [0.25, 0.3) is 0 Å². The van der Waals surface area contributed by atoms with Crippen LogP contribution in [-0.4, -0.2) is 26.0 Å². The Labute approximate surface area is 96.5 Å². The Kier molecular flexibility index (Phi) is 3.13. The fraction of sp³-hybridized carbons (Fsp3) is 0.462. The van der Waals surface area contributed by atoms with Crippen molar-refractivity contribution in [2.75, 3.05) is 20.2 Å². The van der Waals surface area contributed by atoms with Gasteiger partial charge in [-0.15, -0.1) is 0 Å². The highest BCUT2D eigenvalue weighted by Gasteiger charge is 2.14. The molecule has 0 radical (unpaired) electrons. The highest BCUT2D eigenvalue weighted by atomic mass is 16.5. The molecule has 0 atom stereocenters. The lowest BCUT2D eigenvalue weighted by Gasteiger charge is -2.12. The molecule has 1 N–H and O–H groups in total. The molecule has 2 rings (SSSR count). The number of amidine groups is 1. The molecule has 1 aromatic carbocycles. The minimum absolute atomic E-state index is 0.515. The van der Waals surface area contributed by atoms with E-state index in [0.29, 0.717) is 5.92 Å². The molecule has 16 heavy (non-hydrogen) atoms. The number of nitrogens with zero attached hydrogens (tertiary/aromatic N) is 1. The lowest BCUT2D eigenvalue weighted by atomic mass is 10.0. The van der Waals surface area contributed by atoms with Gasteiger partial charge in [0.05, 0.1) is 19.2 Å². The van der Waals surface area contributed by atoms with Crippen LogP contribution in [0.3, 0.4) is 0 Å². The van der Waals surface area contributed by atoms with Crippen molar-refractivity contribution in [2.24, 2.45) is 4.99 Å². The summed E-state index contributed by atoms with van der Waals surface area (Å²) < 4.78 is 5.43. The molecule has 86 valence electrons. The van der Waals surface area contributed by atoms with Crippen molar-refractivity contribution < 1.29 is 4.74 Å². The van der Waals surface area contributed by atoms with Crippen molar-refractivity contribution in [2.45, 2.75) is 19.8 Å². The average molecular weight is 218 g/mol. The molecule has 1 heterocycles. The van der Waals surface area contributed by atoms with Gasteiger partial charge in [0, 0.05) is 6.54 Å². The second kappa shape index (κ2) is 4.56.